The van der Waals surface area contributed by atoms with Crippen LogP contribution in [0.1, 0.15) is 11.3 Å². The summed E-state index contributed by atoms with van der Waals surface area (Å²) in [6, 6.07) is 9.89. The highest BCUT2D eigenvalue weighted by atomic mass is 79.9. The maximum absolute atomic E-state index is 13.1. The van der Waals surface area contributed by atoms with Crippen LogP contribution in [0, 0.1) is 17.1 Å². The predicted octanol–water partition coefficient (Wildman–Crippen LogP) is 3.98. The second-order valence-electron chi connectivity index (χ2n) is 3.45. The number of aromatic nitrogens is 1. The molecule has 2 rings (SSSR count). The fourth-order valence-corrected chi connectivity index (χ4v) is 1.82. The third-order valence-electron chi connectivity index (χ3n) is 2.23. The van der Waals surface area contributed by atoms with Gasteiger partial charge in [0.25, 0.3) is 0 Å². The van der Waals surface area contributed by atoms with Gasteiger partial charge >= 0.3 is 0 Å². The van der Waals surface area contributed by atoms with Crippen LogP contribution in [-0.2, 0) is 0 Å². The van der Waals surface area contributed by atoms with Crippen molar-refractivity contribution in [3.63, 3.8) is 0 Å². The van der Waals surface area contributed by atoms with Crippen molar-refractivity contribution in [1.82, 2.24) is 4.98 Å². The molecule has 0 aliphatic carbocycles. The molecular formula is C13H8BrFN2. The number of hydrogen-bond acceptors (Lipinski definition) is 1. The Kier molecular flexibility index (Phi) is 3.40. The topological polar surface area (TPSA) is 39.6 Å². The van der Waals surface area contributed by atoms with Crippen molar-refractivity contribution < 1.29 is 4.39 Å². The summed E-state index contributed by atoms with van der Waals surface area (Å²) >= 11 is 3.31. The second-order valence-corrected chi connectivity index (χ2v) is 4.37. The third-order valence-corrected chi connectivity index (χ3v) is 2.68. The van der Waals surface area contributed by atoms with Gasteiger partial charge in [-0.05, 0) is 45.8 Å². The van der Waals surface area contributed by atoms with Gasteiger partial charge in [0.1, 0.15) is 5.82 Å². The largest absolute Gasteiger partial charge is 0.361 e. The predicted molar refractivity (Wildman–Crippen MR) is 68.4 cm³/mol. The van der Waals surface area contributed by atoms with E-state index in [2.05, 4.69) is 27.0 Å². The smallest absolute Gasteiger partial charge is 0.123 e. The van der Waals surface area contributed by atoms with Gasteiger partial charge in [-0.25, -0.2) is 4.39 Å². The molecule has 0 unspecified atom stereocenters. The molecular weight excluding hydrogens is 283 g/mol. The molecule has 0 spiro atoms. The normalized spacial score (nSPS) is 11.2. The number of rotatable bonds is 2. The van der Waals surface area contributed by atoms with Crippen LogP contribution in [0.5, 0.6) is 0 Å². The number of nitrogens with one attached hydrogen (secondary N) is 1. The summed E-state index contributed by atoms with van der Waals surface area (Å²) in [4.78, 5) is 2.99. The highest BCUT2D eigenvalue weighted by Crippen LogP contribution is 2.19. The van der Waals surface area contributed by atoms with Crippen LogP contribution < -0.4 is 0 Å². The zero-order valence-corrected chi connectivity index (χ0v) is 10.3. The zero-order valence-electron chi connectivity index (χ0n) is 8.74. The number of nitrogens with zero attached hydrogens (tertiary/aromatic N) is 1. The molecule has 1 N–H and O–H groups in total. The van der Waals surface area contributed by atoms with Crippen LogP contribution in [0.2, 0.25) is 0 Å². The fraction of sp³-hybridized carbons (Fsp3) is 0. The molecule has 0 atom stereocenters. The van der Waals surface area contributed by atoms with Gasteiger partial charge < -0.3 is 4.98 Å². The SMILES string of the molecule is N#C/C(=C\c1cc(Br)c[nH]1)c1cccc(F)c1. The summed E-state index contributed by atoms with van der Waals surface area (Å²) in [5.74, 6) is -0.351. The first-order valence-electron chi connectivity index (χ1n) is 4.90. The van der Waals surface area contributed by atoms with E-state index in [0.717, 1.165) is 10.2 Å². The van der Waals surface area contributed by atoms with Crippen LogP contribution in [0.15, 0.2) is 41.0 Å². The van der Waals surface area contributed by atoms with Crippen molar-refractivity contribution in [2.75, 3.05) is 0 Å². The molecule has 2 nitrogen and oxygen atoms in total. The van der Waals surface area contributed by atoms with Crippen molar-refractivity contribution in [1.29, 1.82) is 5.26 Å². The average Bonchev–Trinajstić information content (AvgIpc) is 2.72. The zero-order chi connectivity index (χ0) is 12.3. The van der Waals surface area contributed by atoms with Crippen LogP contribution >= 0.6 is 15.9 Å². The van der Waals surface area contributed by atoms with Gasteiger partial charge in [0, 0.05) is 16.4 Å². The van der Waals surface area contributed by atoms with Crippen molar-refractivity contribution in [2.24, 2.45) is 0 Å². The molecule has 0 aliphatic rings. The van der Waals surface area contributed by atoms with Crippen molar-refractivity contribution in [3.8, 4) is 6.07 Å². The number of H-pyrrole nitrogens is 1. The number of halogens is 2. The highest BCUT2D eigenvalue weighted by Gasteiger charge is 2.03. The second kappa shape index (κ2) is 4.98. The van der Waals surface area contributed by atoms with E-state index in [4.69, 9.17) is 5.26 Å². The maximum Gasteiger partial charge on any atom is 0.123 e. The Morgan fingerprint density at radius 1 is 1.41 bits per heavy atom. The molecule has 0 saturated heterocycles. The van der Waals surface area contributed by atoms with Crippen molar-refractivity contribution in [3.05, 3.63) is 58.1 Å². The molecule has 0 saturated carbocycles. The Bertz CT molecular complexity index is 608. The fourth-order valence-electron chi connectivity index (χ4n) is 1.46. The Labute approximate surface area is 107 Å². The van der Waals surface area contributed by atoms with Gasteiger partial charge in [0.2, 0.25) is 0 Å². The quantitative estimate of drug-likeness (QED) is 0.835. The Balaban J connectivity index is 2.41. The van der Waals surface area contributed by atoms with Crippen LogP contribution in [0.3, 0.4) is 0 Å². The Morgan fingerprint density at radius 2 is 2.24 bits per heavy atom. The van der Waals surface area contributed by atoms with Crippen LogP contribution in [-0.4, -0.2) is 4.98 Å². The van der Waals surface area contributed by atoms with Gasteiger partial charge in [0.15, 0.2) is 0 Å². The number of hydrogen-bond donors (Lipinski definition) is 1. The van der Waals surface area contributed by atoms with Crippen LogP contribution in [0.4, 0.5) is 4.39 Å². The molecule has 2 aromatic rings. The molecule has 0 bridgehead atoms. The highest BCUT2D eigenvalue weighted by molar-refractivity contribution is 9.10. The number of allylic oxidation sites excluding steroid dienone is 1. The number of aromatic amines is 1. The minimum absolute atomic E-state index is 0.351. The van der Waals surface area contributed by atoms with Gasteiger partial charge in [-0.15, -0.1) is 0 Å². The van der Waals surface area contributed by atoms with E-state index >= 15 is 0 Å². The summed E-state index contributed by atoms with van der Waals surface area (Å²) in [5, 5.41) is 9.07. The standard InChI is InChI=1S/C13H8BrFN2/c14-11-6-13(17-8-11)5-10(7-16)9-2-1-3-12(15)4-9/h1-6,8,17H/b10-5+. The average molecular weight is 291 g/mol. The summed E-state index contributed by atoms with van der Waals surface area (Å²) < 4.78 is 14.0. The molecule has 0 fully saturated rings. The summed E-state index contributed by atoms with van der Waals surface area (Å²) in [6.07, 6.45) is 3.45. The maximum atomic E-state index is 13.1. The monoisotopic (exact) mass is 290 g/mol. The molecule has 84 valence electrons. The molecule has 1 aromatic heterocycles. The minimum atomic E-state index is -0.351. The van der Waals surface area contributed by atoms with E-state index in [1.807, 2.05) is 6.07 Å². The Hall–Kier alpha value is -1.86. The van der Waals surface area contributed by atoms with Crippen molar-refractivity contribution in [2.45, 2.75) is 0 Å². The van der Waals surface area contributed by atoms with Crippen molar-refractivity contribution >= 4 is 27.6 Å². The van der Waals surface area contributed by atoms with E-state index in [1.165, 1.54) is 12.1 Å². The third kappa shape index (κ3) is 2.83. The molecule has 4 heteroatoms. The lowest BCUT2D eigenvalue weighted by Gasteiger charge is -1.98. The number of benzene rings is 1. The van der Waals surface area contributed by atoms with Gasteiger partial charge in [-0.3, -0.25) is 0 Å². The van der Waals surface area contributed by atoms with Gasteiger partial charge in [0.05, 0.1) is 11.6 Å². The number of nitriles is 1. The lowest BCUT2D eigenvalue weighted by atomic mass is 10.1. The van der Waals surface area contributed by atoms with E-state index in [0.29, 0.717) is 11.1 Å². The molecule has 1 aromatic carbocycles. The van der Waals surface area contributed by atoms with Gasteiger partial charge in [-0.2, -0.15) is 5.26 Å². The van der Waals surface area contributed by atoms with E-state index < -0.39 is 0 Å². The van der Waals surface area contributed by atoms with Gasteiger partial charge in [-0.1, -0.05) is 12.1 Å². The Morgan fingerprint density at radius 3 is 2.82 bits per heavy atom. The first-order chi connectivity index (χ1) is 8.19. The first kappa shape index (κ1) is 11.6. The first-order valence-corrected chi connectivity index (χ1v) is 5.70. The molecule has 0 amide bonds. The lowest BCUT2D eigenvalue weighted by molar-refractivity contribution is 0.627. The minimum Gasteiger partial charge on any atom is -0.361 e. The van der Waals surface area contributed by atoms with E-state index in [-0.39, 0.29) is 5.82 Å². The van der Waals surface area contributed by atoms with E-state index in [1.54, 1.807) is 24.4 Å². The van der Waals surface area contributed by atoms with E-state index in [9.17, 15) is 4.39 Å². The summed E-state index contributed by atoms with van der Waals surface area (Å²) in [7, 11) is 0. The summed E-state index contributed by atoms with van der Waals surface area (Å²) in [6.45, 7) is 0. The molecule has 17 heavy (non-hydrogen) atoms. The summed E-state index contributed by atoms with van der Waals surface area (Å²) in [5.41, 5.74) is 1.77. The molecule has 0 radical (unpaired) electrons. The lowest BCUT2D eigenvalue weighted by Crippen LogP contribution is -1.83. The van der Waals surface area contributed by atoms with Crippen LogP contribution in [0.25, 0.3) is 11.6 Å². The molecule has 0 aliphatic heterocycles. The molecule has 1 heterocycles.